The summed E-state index contributed by atoms with van der Waals surface area (Å²) in [6, 6.07) is 10.5. The molecule has 1 amide bonds. The van der Waals surface area contributed by atoms with Crippen LogP contribution in [-0.2, 0) is 16.6 Å². The molecule has 0 aliphatic heterocycles. The van der Waals surface area contributed by atoms with E-state index in [9.17, 15) is 22.4 Å². The van der Waals surface area contributed by atoms with Crippen LogP contribution in [0.25, 0.3) is 11.1 Å². The molecule has 0 atom stereocenters. The Morgan fingerprint density at radius 2 is 1.80 bits per heavy atom. The van der Waals surface area contributed by atoms with Crippen LogP contribution in [0, 0.1) is 5.95 Å². The first-order valence-corrected chi connectivity index (χ1v) is 8.82. The number of hydrogen-bond donors (Lipinski definition) is 2. The summed E-state index contributed by atoms with van der Waals surface area (Å²) in [7, 11) is 0. The Morgan fingerprint density at radius 1 is 1.13 bits per heavy atom. The van der Waals surface area contributed by atoms with E-state index < -0.39 is 29.2 Å². The Balaban J connectivity index is 1.66. The van der Waals surface area contributed by atoms with Crippen LogP contribution in [0.15, 0.2) is 47.0 Å². The van der Waals surface area contributed by atoms with Crippen molar-refractivity contribution in [1.29, 1.82) is 0 Å². The van der Waals surface area contributed by atoms with Gasteiger partial charge in [-0.1, -0.05) is 29.4 Å². The number of nitrogen functional groups attached to an aromatic ring is 1. The van der Waals surface area contributed by atoms with Crippen LogP contribution < -0.4 is 11.1 Å². The third kappa shape index (κ3) is 4.42. The number of anilines is 2. The number of rotatable bonds is 5. The van der Waals surface area contributed by atoms with E-state index in [1.807, 2.05) is 0 Å². The normalized spacial score (nSPS) is 12.1. The number of carbonyl (C=O) groups is 1. The SMILES string of the molecule is CC(C)(c1cc(NC(=O)Cc2ccc(-c3ccc(N)nc3F)cc2)no1)C(F)(F)F. The Bertz CT molecular complexity index is 1060. The number of nitrogens with two attached hydrogens (primary N) is 1. The van der Waals surface area contributed by atoms with E-state index in [0.717, 1.165) is 19.9 Å². The minimum atomic E-state index is -4.53. The second-order valence-corrected chi connectivity index (χ2v) is 7.20. The van der Waals surface area contributed by atoms with Gasteiger partial charge in [-0.15, -0.1) is 0 Å². The van der Waals surface area contributed by atoms with Crippen LogP contribution in [0.3, 0.4) is 0 Å². The lowest BCUT2D eigenvalue weighted by Crippen LogP contribution is -2.35. The first kappa shape index (κ1) is 21.3. The van der Waals surface area contributed by atoms with Gasteiger partial charge in [0.1, 0.15) is 11.2 Å². The van der Waals surface area contributed by atoms with Gasteiger partial charge in [0.2, 0.25) is 11.9 Å². The Morgan fingerprint density at radius 3 is 2.40 bits per heavy atom. The number of halogens is 4. The molecular weight excluding hydrogens is 404 g/mol. The van der Waals surface area contributed by atoms with Gasteiger partial charge in [-0.2, -0.15) is 17.6 Å². The molecule has 3 aromatic rings. The molecule has 10 heteroatoms. The molecule has 0 radical (unpaired) electrons. The third-order valence-corrected chi connectivity index (χ3v) is 4.60. The van der Waals surface area contributed by atoms with Crippen molar-refractivity contribution in [3.8, 4) is 11.1 Å². The molecule has 30 heavy (non-hydrogen) atoms. The molecule has 0 saturated heterocycles. The molecular formula is C20H18F4N4O2. The highest BCUT2D eigenvalue weighted by atomic mass is 19.4. The molecule has 0 bridgehead atoms. The van der Waals surface area contributed by atoms with Gasteiger partial charge in [-0.25, -0.2) is 4.98 Å². The molecule has 0 saturated carbocycles. The quantitative estimate of drug-likeness (QED) is 0.467. The lowest BCUT2D eigenvalue weighted by Gasteiger charge is -2.24. The summed E-state index contributed by atoms with van der Waals surface area (Å²) in [5.74, 6) is -1.65. The number of nitrogens with one attached hydrogen (secondary N) is 1. The van der Waals surface area contributed by atoms with Crippen molar-refractivity contribution in [2.24, 2.45) is 0 Å². The van der Waals surface area contributed by atoms with Gasteiger partial charge in [0.05, 0.1) is 6.42 Å². The van der Waals surface area contributed by atoms with Gasteiger partial charge in [0.15, 0.2) is 11.6 Å². The summed E-state index contributed by atoms with van der Waals surface area (Å²) in [6.07, 6.45) is -4.59. The Kier molecular flexibility index (Phi) is 5.51. The van der Waals surface area contributed by atoms with Crippen molar-refractivity contribution in [1.82, 2.24) is 10.1 Å². The van der Waals surface area contributed by atoms with E-state index in [1.165, 1.54) is 12.1 Å². The molecule has 2 aromatic heterocycles. The molecule has 0 unspecified atom stereocenters. The molecule has 3 N–H and O–H groups in total. The molecule has 2 heterocycles. The van der Waals surface area contributed by atoms with Crippen LogP contribution in [-0.4, -0.2) is 22.2 Å². The second-order valence-electron chi connectivity index (χ2n) is 7.20. The van der Waals surface area contributed by atoms with Crippen molar-refractivity contribution < 1.29 is 26.9 Å². The molecule has 0 aliphatic carbocycles. The third-order valence-electron chi connectivity index (χ3n) is 4.60. The first-order valence-electron chi connectivity index (χ1n) is 8.82. The minimum absolute atomic E-state index is 0.0619. The van der Waals surface area contributed by atoms with E-state index in [4.69, 9.17) is 10.3 Å². The number of nitrogens with zero attached hydrogens (tertiary/aromatic N) is 2. The molecule has 0 spiro atoms. The highest BCUT2D eigenvalue weighted by Crippen LogP contribution is 2.41. The zero-order valence-electron chi connectivity index (χ0n) is 16.0. The fourth-order valence-corrected chi connectivity index (χ4v) is 2.61. The van der Waals surface area contributed by atoms with E-state index in [2.05, 4.69) is 15.5 Å². The zero-order valence-corrected chi connectivity index (χ0v) is 16.0. The topological polar surface area (TPSA) is 94.0 Å². The summed E-state index contributed by atoms with van der Waals surface area (Å²) in [5.41, 5.74) is 4.62. The molecule has 1 aromatic carbocycles. The summed E-state index contributed by atoms with van der Waals surface area (Å²) in [5, 5.41) is 5.88. The van der Waals surface area contributed by atoms with Gasteiger partial charge in [0, 0.05) is 11.6 Å². The molecule has 0 aliphatic rings. The highest BCUT2D eigenvalue weighted by Gasteiger charge is 2.51. The number of benzene rings is 1. The van der Waals surface area contributed by atoms with Gasteiger partial charge < -0.3 is 15.6 Å². The van der Waals surface area contributed by atoms with Crippen molar-refractivity contribution in [2.75, 3.05) is 11.1 Å². The predicted molar refractivity (Wildman–Crippen MR) is 102 cm³/mol. The number of pyridine rings is 1. The Hall–Kier alpha value is -3.43. The van der Waals surface area contributed by atoms with Crippen molar-refractivity contribution in [2.45, 2.75) is 31.9 Å². The average molecular weight is 422 g/mol. The fraction of sp³-hybridized carbons (Fsp3) is 0.250. The van der Waals surface area contributed by atoms with Gasteiger partial charge in [-0.3, -0.25) is 4.79 Å². The smallest absolute Gasteiger partial charge is 0.384 e. The van der Waals surface area contributed by atoms with Gasteiger partial charge in [-0.05, 0) is 37.1 Å². The maximum Gasteiger partial charge on any atom is 0.401 e. The van der Waals surface area contributed by atoms with Crippen molar-refractivity contribution in [3.05, 3.63) is 59.7 Å². The monoisotopic (exact) mass is 422 g/mol. The predicted octanol–water partition coefficient (Wildman–Crippen LogP) is 4.48. The van der Waals surface area contributed by atoms with E-state index in [1.54, 1.807) is 24.3 Å². The molecule has 6 nitrogen and oxygen atoms in total. The van der Waals surface area contributed by atoms with Crippen LogP contribution >= 0.6 is 0 Å². The van der Waals surface area contributed by atoms with Crippen molar-refractivity contribution in [3.63, 3.8) is 0 Å². The number of carbonyl (C=O) groups excluding carboxylic acids is 1. The minimum Gasteiger partial charge on any atom is -0.384 e. The van der Waals surface area contributed by atoms with Crippen LogP contribution in [0.1, 0.15) is 25.2 Å². The van der Waals surface area contributed by atoms with E-state index in [-0.39, 0.29) is 23.6 Å². The van der Waals surface area contributed by atoms with E-state index in [0.29, 0.717) is 11.1 Å². The molecule has 3 rings (SSSR count). The summed E-state index contributed by atoms with van der Waals surface area (Å²) >= 11 is 0. The first-order chi connectivity index (χ1) is 14.0. The van der Waals surface area contributed by atoms with Gasteiger partial charge >= 0.3 is 6.18 Å². The maximum atomic E-state index is 13.9. The summed E-state index contributed by atoms with van der Waals surface area (Å²) in [4.78, 5) is 15.7. The average Bonchev–Trinajstić information content (AvgIpc) is 3.11. The standard InChI is InChI=1S/C20H18F4N4O2/c1-19(2,20(22,23)24)14-10-16(28-30-14)27-17(29)9-11-3-5-12(6-4-11)13-7-8-15(25)26-18(13)21/h3-8,10H,9H2,1-2H3,(H2,25,26)(H,27,28,29). The lowest BCUT2D eigenvalue weighted by atomic mass is 9.89. The van der Waals surface area contributed by atoms with E-state index >= 15 is 0 Å². The number of aromatic nitrogens is 2. The fourth-order valence-electron chi connectivity index (χ4n) is 2.61. The zero-order chi connectivity index (χ0) is 22.1. The molecule has 158 valence electrons. The molecule has 0 fully saturated rings. The van der Waals surface area contributed by atoms with Crippen molar-refractivity contribution >= 4 is 17.5 Å². The Labute approximate surface area is 169 Å². The lowest BCUT2D eigenvalue weighted by molar-refractivity contribution is -0.185. The van der Waals surface area contributed by atoms with Crippen LogP contribution in [0.5, 0.6) is 0 Å². The summed E-state index contributed by atoms with van der Waals surface area (Å²) < 4.78 is 57.9. The highest BCUT2D eigenvalue weighted by molar-refractivity contribution is 5.91. The number of hydrogen-bond acceptors (Lipinski definition) is 5. The van der Waals surface area contributed by atoms with Crippen LogP contribution in [0.4, 0.5) is 29.2 Å². The number of alkyl halides is 3. The number of amides is 1. The summed E-state index contributed by atoms with van der Waals surface area (Å²) in [6.45, 7) is 1.92. The second kappa shape index (κ2) is 7.77. The maximum absolute atomic E-state index is 13.9. The van der Waals surface area contributed by atoms with Gasteiger partial charge in [0.25, 0.3) is 0 Å². The van der Waals surface area contributed by atoms with Crippen LogP contribution in [0.2, 0.25) is 0 Å². The largest absolute Gasteiger partial charge is 0.401 e.